The van der Waals surface area contributed by atoms with Crippen molar-refractivity contribution in [2.24, 2.45) is 10.4 Å². The Balaban J connectivity index is 1.86. The maximum atomic E-state index is 5.69. The predicted molar refractivity (Wildman–Crippen MR) is 115 cm³/mol. The molecule has 0 unspecified atom stereocenters. The number of hydrogen-bond donors (Lipinski definition) is 1. The topological polar surface area (TPSA) is 46.1 Å². The lowest BCUT2D eigenvalue weighted by Gasteiger charge is -2.62. The first-order valence-corrected chi connectivity index (χ1v) is 10.5. The molecule has 2 heterocycles. The molecule has 28 heavy (non-hydrogen) atoms. The van der Waals surface area contributed by atoms with Crippen LogP contribution in [0.4, 0.5) is 0 Å². The van der Waals surface area contributed by atoms with Gasteiger partial charge in [-0.25, -0.2) is 0 Å². The van der Waals surface area contributed by atoms with Crippen LogP contribution >= 0.6 is 0 Å². The molecule has 0 atom stereocenters. The third kappa shape index (κ3) is 3.73. The quantitative estimate of drug-likeness (QED) is 0.616. The van der Waals surface area contributed by atoms with Crippen LogP contribution in [0, 0.1) is 5.41 Å². The number of benzene rings is 1. The number of guanidine groups is 1. The number of methoxy groups -OCH3 is 1. The largest absolute Gasteiger partial charge is 0.497 e. The molecular weight excluding hydrogens is 350 g/mol. The van der Waals surface area contributed by atoms with Crippen molar-refractivity contribution in [2.45, 2.75) is 58.4 Å². The van der Waals surface area contributed by atoms with E-state index < -0.39 is 0 Å². The van der Waals surface area contributed by atoms with E-state index in [-0.39, 0.29) is 16.4 Å². The van der Waals surface area contributed by atoms with Crippen molar-refractivity contribution in [3.8, 4) is 5.75 Å². The fourth-order valence-electron chi connectivity index (χ4n) is 4.27. The van der Waals surface area contributed by atoms with Crippen LogP contribution in [0.2, 0.25) is 0 Å². The summed E-state index contributed by atoms with van der Waals surface area (Å²) in [5.74, 6) is 1.93. The van der Waals surface area contributed by atoms with Crippen molar-refractivity contribution in [3.63, 3.8) is 0 Å². The third-order valence-corrected chi connectivity index (χ3v) is 7.16. The SMILES string of the molecule is CCNC(=NCC1(c2ccc(OC)cc2)CCOCC1)N1CC(C)(C)C1(C)C. The van der Waals surface area contributed by atoms with Gasteiger partial charge >= 0.3 is 0 Å². The third-order valence-electron chi connectivity index (χ3n) is 7.16. The number of nitrogens with zero attached hydrogens (tertiary/aromatic N) is 2. The van der Waals surface area contributed by atoms with Gasteiger partial charge in [-0.15, -0.1) is 0 Å². The molecule has 0 amide bonds. The van der Waals surface area contributed by atoms with Gasteiger partial charge in [0.05, 0.1) is 13.7 Å². The Kier molecular flexibility index (Phi) is 5.95. The average Bonchev–Trinajstić information content (AvgIpc) is 2.70. The van der Waals surface area contributed by atoms with Gasteiger partial charge in [0, 0.05) is 42.7 Å². The average molecular weight is 388 g/mol. The fraction of sp³-hybridized carbons (Fsp3) is 0.696. The molecule has 2 saturated heterocycles. The highest BCUT2D eigenvalue weighted by molar-refractivity contribution is 5.82. The van der Waals surface area contributed by atoms with Gasteiger partial charge in [0.25, 0.3) is 0 Å². The van der Waals surface area contributed by atoms with E-state index in [0.717, 1.165) is 57.4 Å². The Bertz CT molecular complexity index is 688. The number of nitrogens with one attached hydrogen (secondary N) is 1. The van der Waals surface area contributed by atoms with Gasteiger partial charge in [-0.2, -0.15) is 0 Å². The van der Waals surface area contributed by atoms with E-state index in [2.05, 4.69) is 69.1 Å². The summed E-state index contributed by atoms with van der Waals surface area (Å²) in [5, 5.41) is 3.53. The number of hydrogen-bond acceptors (Lipinski definition) is 3. The molecule has 0 bridgehead atoms. The second kappa shape index (κ2) is 7.94. The smallest absolute Gasteiger partial charge is 0.194 e. The number of likely N-dealkylation sites (tertiary alicyclic amines) is 1. The minimum atomic E-state index is 0.0235. The zero-order chi connectivity index (χ0) is 20.4. The van der Waals surface area contributed by atoms with Crippen molar-refractivity contribution < 1.29 is 9.47 Å². The molecule has 0 saturated carbocycles. The first kappa shape index (κ1) is 21.0. The van der Waals surface area contributed by atoms with Crippen molar-refractivity contribution in [2.75, 3.05) is 40.0 Å². The second-order valence-electron chi connectivity index (χ2n) is 9.32. The molecule has 2 fully saturated rings. The van der Waals surface area contributed by atoms with Crippen LogP contribution in [0.15, 0.2) is 29.3 Å². The van der Waals surface area contributed by atoms with Crippen LogP contribution in [0.3, 0.4) is 0 Å². The summed E-state index contributed by atoms with van der Waals surface area (Å²) in [4.78, 5) is 7.58. The molecule has 1 N–H and O–H groups in total. The van der Waals surface area contributed by atoms with Gasteiger partial charge in [-0.1, -0.05) is 26.0 Å². The van der Waals surface area contributed by atoms with E-state index >= 15 is 0 Å². The van der Waals surface area contributed by atoms with E-state index in [1.165, 1.54) is 5.56 Å². The molecule has 0 aromatic heterocycles. The molecule has 2 aliphatic heterocycles. The first-order chi connectivity index (χ1) is 13.3. The summed E-state index contributed by atoms with van der Waals surface area (Å²) >= 11 is 0. The Morgan fingerprint density at radius 3 is 2.29 bits per heavy atom. The summed E-state index contributed by atoms with van der Waals surface area (Å²) < 4.78 is 11.0. The van der Waals surface area contributed by atoms with E-state index in [1.807, 2.05) is 0 Å². The molecule has 3 rings (SSSR count). The molecule has 1 aromatic rings. The van der Waals surface area contributed by atoms with Gasteiger partial charge in [0.1, 0.15) is 5.75 Å². The van der Waals surface area contributed by atoms with Gasteiger partial charge in [0.15, 0.2) is 5.96 Å². The minimum absolute atomic E-state index is 0.0235. The lowest BCUT2D eigenvalue weighted by Crippen LogP contribution is -2.72. The van der Waals surface area contributed by atoms with Crippen molar-refractivity contribution in [1.82, 2.24) is 10.2 Å². The minimum Gasteiger partial charge on any atom is -0.497 e. The summed E-state index contributed by atoms with van der Waals surface area (Å²) in [5.41, 5.74) is 1.74. The Labute approximate surface area is 170 Å². The molecule has 5 nitrogen and oxygen atoms in total. The first-order valence-electron chi connectivity index (χ1n) is 10.5. The van der Waals surface area contributed by atoms with Crippen LogP contribution < -0.4 is 10.1 Å². The summed E-state index contributed by atoms with van der Waals surface area (Å²) in [6.07, 6.45) is 1.99. The molecular formula is C23H37N3O2. The molecule has 2 aliphatic rings. The van der Waals surface area contributed by atoms with Gasteiger partial charge in [-0.3, -0.25) is 4.99 Å². The van der Waals surface area contributed by atoms with Crippen molar-refractivity contribution >= 4 is 5.96 Å². The molecule has 0 radical (unpaired) electrons. The zero-order valence-corrected chi connectivity index (χ0v) is 18.5. The molecule has 0 spiro atoms. The van der Waals surface area contributed by atoms with Crippen molar-refractivity contribution in [3.05, 3.63) is 29.8 Å². The standard InChI is InChI=1S/C23H37N3O2/c1-7-24-20(26-17-21(2,3)22(26,4)5)25-16-23(12-14-28-15-13-23)18-8-10-19(27-6)11-9-18/h8-11H,7,12-17H2,1-6H3,(H,24,25). The number of aliphatic imine (C=N–C) groups is 1. The van der Waals surface area contributed by atoms with Crippen LogP contribution in [0.1, 0.15) is 53.0 Å². The second-order valence-corrected chi connectivity index (χ2v) is 9.32. The normalized spacial score (nSPS) is 23.1. The molecule has 5 heteroatoms. The molecule has 1 aromatic carbocycles. The zero-order valence-electron chi connectivity index (χ0n) is 18.5. The summed E-state index contributed by atoms with van der Waals surface area (Å²) in [7, 11) is 1.71. The number of ether oxygens (including phenoxy) is 2. The van der Waals surface area contributed by atoms with E-state index in [4.69, 9.17) is 14.5 Å². The van der Waals surface area contributed by atoms with Crippen LogP contribution in [-0.2, 0) is 10.2 Å². The van der Waals surface area contributed by atoms with Crippen LogP contribution in [0.25, 0.3) is 0 Å². The predicted octanol–water partition coefficient (Wildman–Crippen LogP) is 3.83. The van der Waals surface area contributed by atoms with Gasteiger partial charge in [-0.05, 0) is 51.3 Å². The van der Waals surface area contributed by atoms with E-state index in [0.29, 0.717) is 0 Å². The van der Waals surface area contributed by atoms with Gasteiger partial charge < -0.3 is 19.7 Å². The van der Waals surface area contributed by atoms with Crippen LogP contribution in [-0.4, -0.2) is 56.4 Å². The summed E-state index contributed by atoms with van der Waals surface area (Å²) in [6.45, 7) is 15.7. The number of rotatable bonds is 5. The van der Waals surface area contributed by atoms with Gasteiger partial charge in [0.2, 0.25) is 0 Å². The highest BCUT2D eigenvalue weighted by Crippen LogP contribution is 2.46. The Morgan fingerprint density at radius 1 is 1.14 bits per heavy atom. The van der Waals surface area contributed by atoms with Crippen molar-refractivity contribution in [1.29, 1.82) is 0 Å². The van der Waals surface area contributed by atoms with E-state index in [1.54, 1.807) is 7.11 Å². The maximum Gasteiger partial charge on any atom is 0.194 e. The lowest BCUT2D eigenvalue weighted by molar-refractivity contribution is -0.0669. The van der Waals surface area contributed by atoms with Crippen LogP contribution in [0.5, 0.6) is 5.75 Å². The summed E-state index contributed by atoms with van der Waals surface area (Å²) in [6, 6.07) is 8.51. The molecule has 0 aliphatic carbocycles. The van der Waals surface area contributed by atoms with E-state index in [9.17, 15) is 0 Å². The maximum absolute atomic E-state index is 5.69. The molecule has 156 valence electrons. The highest BCUT2D eigenvalue weighted by Gasteiger charge is 2.53. The Morgan fingerprint density at radius 2 is 1.79 bits per heavy atom. The Hall–Kier alpha value is -1.75. The highest BCUT2D eigenvalue weighted by atomic mass is 16.5. The fourth-order valence-corrected chi connectivity index (χ4v) is 4.27. The monoisotopic (exact) mass is 387 g/mol. The lowest BCUT2D eigenvalue weighted by atomic mass is 9.65.